The minimum Gasteiger partial charge on any atom is -0.396 e. The van der Waals surface area contributed by atoms with Gasteiger partial charge >= 0.3 is 0 Å². The Labute approximate surface area is 139 Å². The van der Waals surface area contributed by atoms with Gasteiger partial charge in [0.2, 0.25) is 5.91 Å². The van der Waals surface area contributed by atoms with Crippen molar-refractivity contribution in [2.75, 3.05) is 45.9 Å². The molecule has 1 aliphatic heterocycles. The van der Waals surface area contributed by atoms with Gasteiger partial charge in [-0.1, -0.05) is 37.3 Å². The van der Waals surface area contributed by atoms with Crippen LogP contribution < -0.4 is 5.32 Å². The standard InChI is InChI=1S/C18H29N3O2/c1-2-20-11-13-21(14-12-20)10-8-18(23)19-17(9-15-22)16-6-4-3-5-7-16/h3-7,17,22H,2,8-15H2,1H3,(H,19,23). The molecule has 2 N–H and O–H groups in total. The van der Waals surface area contributed by atoms with Crippen molar-refractivity contribution in [1.82, 2.24) is 15.1 Å². The fourth-order valence-electron chi connectivity index (χ4n) is 2.99. The number of aliphatic hydroxyl groups is 1. The number of amides is 1. The molecule has 1 aliphatic rings. The lowest BCUT2D eigenvalue weighted by molar-refractivity contribution is -0.122. The average Bonchev–Trinajstić information content (AvgIpc) is 2.61. The molecule has 0 aliphatic carbocycles. The maximum absolute atomic E-state index is 12.2. The van der Waals surface area contributed by atoms with Gasteiger partial charge in [0.15, 0.2) is 0 Å². The fraction of sp³-hybridized carbons (Fsp3) is 0.611. The normalized spacial score (nSPS) is 17.8. The molecule has 5 heteroatoms. The Balaban J connectivity index is 1.76. The van der Waals surface area contributed by atoms with Crippen LogP contribution in [0.3, 0.4) is 0 Å². The van der Waals surface area contributed by atoms with Gasteiger partial charge in [0.25, 0.3) is 0 Å². The molecule has 0 spiro atoms. The fourth-order valence-corrected chi connectivity index (χ4v) is 2.99. The molecule has 1 saturated heterocycles. The van der Waals surface area contributed by atoms with Crippen molar-refractivity contribution in [1.29, 1.82) is 0 Å². The van der Waals surface area contributed by atoms with Gasteiger partial charge in [-0.15, -0.1) is 0 Å². The van der Waals surface area contributed by atoms with Crippen molar-refractivity contribution in [2.24, 2.45) is 0 Å². The minimum absolute atomic E-state index is 0.0604. The van der Waals surface area contributed by atoms with Crippen LogP contribution in [0.5, 0.6) is 0 Å². The second-order valence-electron chi connectivity index (χ2n) is 6.07. The Morgan fingerprint density at radius 2 is 1.83 bits per heavy atom. The van der Waals surface area contributed by atoms with Gasteiger partial charge in [-0.25, -0.2) is 0 Å². The van der Waals surface area contributed by atoms with Crippen molar-refractivity contribution in [2.45, 2.75) is 25.8 Å². The number of piperazine rings is 1. The largest absolute Gasteiger partial charge is 0.396 e. The van der Waals surface area contributed by atoms with E-state index in [0.717, 1.165) is 44.8 Å². The number of aliphatic hydroxyl groups excluding tert-OH is 1. The van der Waals surface area contributed by atoms with Crippen LogP contribution in [0.4, 0.5) is 0 Å². The van der Waals surface area contributed by atoms with Crippen LogP contribution in [-0.2, 0) is 4.79 Å². The van der Waals surface area contributed by atoms with E-state index in [1.54, 1.807) is 0 Å². The summed E-state index contributed by atoms with van der Waals surface area (Å²) >= 11 is 0. The molecule has 1 atom stereocenters. The Morgan fingerprint density at radius 3 is 2.43 bits per heavy atom. The highest BCUT2D eigenvalue weighted by molar-refractivity contribution is 5.76. The molecular formula is C18H29N3O2. The van der Waals surface area contributed by atoms with Crippen LogP contribution >= 0.6 is 0 Å². The van der Waals surface area contributed by atoms with Gasteiger partial charge in [-0.3, -0.25) is 4.79 Å². The third-order valence-electron chi connectivity index (χ3n) is 4.52. The SMILES string of the molecule is CCN1CCN(CCC(=O)NC(CCO)c2ccccc2)CC1. The minimum atomic E-state index is -0.106. The van der Waals surface area contributed by atoms with Crippen molar-refractivity contribution < 1.29 is 9.90 Å². The molecule has 128 valence electrons. The first-order valence-corrected chi connectivity index (χ1v) is 8.62. The lowest BCUT2D eigenvalue weighted by Crippen LogP contribution is -2.47. The average molecular weight is 319 g/mol. The lowest BCUT2D eigenvalue weighted by atomic mass is 10.0. The molecule has 1 unspecified atom stereocenters. The van der Waals surface area contributed by atoms with E-state index in [4.69, 9.17) is 0 Å². The van der Waals surface area contributed by atoms with E-state index in [9.17, 15) is 9.90 Å². The van der Waals surface area contributed by atoms with Crippen molar-refractivity contribution in [3.8, 4) is 0 Å². The number of rotatable bonds is 8. The van der Waals surface area contributed by atoms with E-state index in [1.807, 2.05) is 30.3 Å². The van der Waals surface area contributed by atoms with E-state index in [0.29, 0.717) is 12.8 Å². The Morgan fingerprint density at radius 1 is 1.17 bits per heavy atom. The molecule has 0 bridgehead atoms. The number of carbonyl (C=O) groups excluding carboxylic acids is 1. The van der Waals surface area contributed by atoms with E-state index in [-0.39, 0.29) is 18.6 Å². The van der Waals surface area contributed by atoms with E-state index >= 15 is 0 Å². The smallest absolute Gasteiger partial charge is 0.221 e. The summed E-state index contributed by atoms with van der Waals surface area (Å²) in [7, 11) is 0. The Kier molecular flexibility index (Phi) is 7.52. The van der Waals surface area contributed by atoms with Gasteiger partial charge in [0.05, 0.1) is 6.04 Å². The Hall–Kier alpha value is -1.43. The number of carbonyl (C=O) groups is 1. The number of hydrogen-bond donors (Lipinski definition) is 2. The molecule has 1 aromatic carbocycles. The molecular weight excluding hydrogens is 290 g/mol. The van der Waals surface area contributed by atoms with Crippen LogP contribution in [0.15, 0.2) is 30.3 Å². The van der Waals surface area contributed by atoms with Gasteiger partial charge < -0.3 is 20.2 Å². The molecule has 1 heterocycles. The molecule has 23 heavy (non-hydrogen) atoms. The zero-order valence-corrected chi connectivity index (χ0v) is 14.1. The second kappa shape index (κ2) is 9.65. The number of likely N-dealkylation sites (N-methyl/N-ethyl adjacent to an activating group) is 1. The maximum atomic E-state index is 12.2. The van der Waals surface area contributed by atoms with Gasteiger partial charge in [-0.05, 0) is 18.5 Å². The molecule has 0 saturated carbocycles. The second-order valence-corrected chi connectivity index (χ2v) is 6.07. The molecule has 0 aromatic heterocycles. The molecule has 1 fully saturated rings. The van der Waals surface area contributed by atoms with E-state index in [2.05, 4.69) is 22.0 Å². The first kappa shape index (κ1) is 17.9. The van der Waals surface area contributed by atoms with Crippen molar-refractivity contribution >= 4 is 5.91 Å². The van der Waals surface area contributed by atoms with Crippen molar-refractivity contribution in [3.05, 3.63) is 35.9 Å². The summed E-state index contributed by atoms with van der Waals surface area (Å²) < 4.78 is 0. The quantitative estimate of drug-likeness (QED) is 0.757. The highest BCUT2D eigenvalue weighted by atomic mass is 16.3. The summed E-state index contributed by atoms with van der Waals surface area (Å²) in [5.41, 5.74) is 1.05. The van der Waals surface area contributed by atoms with E-state index in [1.165, 1.54) is 0 Å². The van der Waals surface area contributed by atoms with Crippen molar-refractivity contribution in [3.63, 3.8) is 0 Å². The van der Waals surface area contributed by atoms with Crippen LogP contribution in [0.2, 0.25) is 0 Å². The number of benzene rings is 1. The highest BCUT2D eigenvalue weighted by Gasteiger charge is 2.18. The topological polar surface area (TPSA) is 55.8 Å². The maximum Gasteiger partial charge on any atom is 0.221 e. The first-order valence-electron chi connectivity index (χ1n) is 8.62. The summed E-state index contributed by atoms with van der Waals surface area (Å²) in [6.45, 7) is 8.44. The number of hydrogen-bond acceptors (Lipinski definition) is 4. The predicted octanol–water partition coefficient (Wildman–Crippen LogP) is 1.25. The molecule has 2 rings (SSSR count). The summed E-state index contributed by atoms with van der Waals surface area (Å²) in [6.07, 6.45) is 1.06. The molecule has 1 amide bonds. The third kappa shape index (κ3) is 5.94. The summed E-state index contributed by atoms with van der Waals surface area (Å²) in [4.78, 5) is 17.0. The number of nitrogens with zero attached hydrogens (tertiary/aromatic N) is 2. The van der Waals surface area contributed by atoms with Gasteiger partial charge in [0.1, 0.15) is 0 Å². The Bertz CT molecular complexity index is 459. The summed E-state index contributed by atoms with van der Waals surface area (Å²) in [5, 5.41) is 12.3. The van der Waals surface area contributed by atoms with Gasteiger partial charge in [0, 0.05) is 45.8 Å². The number of nitrogens with one attached hydrogen (secondary N) is 1. The summed E-state index contributed by atoms with van der Waals surface area (Å²) in [5.74, 6) is 0.0604. The van der Waals surface area contributed by atoms with E-state index < -0.39 is 0 Å². The summed E-state index contributed by atoms with van der Waals surface area (Å²) in [6, 6.07) is 9.75. The zero-order chi connectivity index (χ0) is 16.5. The first-order chi connectivity index (χ1) is 11.2. The zero-order valence-electron chi connectivity index (χ0n) is 14.1. The molecule has 0 radical (unpaired) electrons. The highest BCUT2D eigenvalue weighted by Crippen LogP contribution is 2.16. The van der Waals surface area contributed by atoms with Crippen LogP contribution in [0.1, 0.15) is 31.4 Å². The predicted molar refractivity (Wildman–Crippen MR) is 92.2 cm³/mol. The monoisotopic (exact) mass is 319 g/mol. The van der Waals surface area contributed by atoms with Crippen LogP contribution in [0, 0.1) is 0 Å². The lowest BCUT2D eigenvalue weighted by Gasteiger charge is -2.33. The third-order valence-corrected chi connectivity index (χ3v) is 4.52. The van der Waals surface area contributed by atoms with Crippen LogP contribution in [-0.4, -0.2) is 66.7 Å². The van der Waals surface area contributed by atoms with Crippen LogP contribution in [0.25, 0.3) is 0 Å². The molecule has 5 nitrogen and oxygen atoms in total. The van der Waals surface area contributed by atoms with Gasteiger partial charge in [-0.2, -0.15) is 0 Å². The molecule has 1 aromatic rings.